The largest absolute Gasteiger partial charge is 0.325 e. The monoisotopic (exact) mass is 231 g/mol. The van der Waals surface area contributed by atoms with Crippen molar-refractivity contribution in [3.63, 3.8) is 0 Å². The van der Waals surface area contributed by atoms with Crippen molar-refractivity contribution in [2.75, 3.05) is 0 Å². The minimum absolute atomic E-state index is 0.197. The molecule has 0 heterocycles. The lowest BCUT2D eigenvalue weighted by Gasteiger charge is -2.23. The first-order chi connectivity index (χ1) is 6.44. The van der Waals surface area contributed by atoms with E-state index in [0.717, 1.165) is 18.4 Å². The Morgan fingerprint density at radius 3 is 2.50 bits per heavy atom. The second-order valence-corrected chi connectivity index (χ2v) is 4.76. The molecule has 0 bridgehead atoms. The Morgan fingerprint density at radius 2 is 2.00 bits per heavy atom. The summed E-state index contributed by atoms with van der Waals surface area (Å²) in [6.45, 7) is 4.10. The Morgan fingerprint density at radius 1 is 1.36 bits per heavy atom. The molecule has 1 aromatic carbocycles. The highest BCUT2D eigenvalue weighted by atomic mass is 35.5. The normalized spacial score (nSPS) is 15.2. The summed E-state index contributed by atoms with van der Waals surface area (Å²) in [4.78, 5) is 0. The highest BCUT2D eigenvalue weighted by Gasteiger charge is 2.17. The maximum Gasteiger partial charge on any atom is 0.0453 e. The molecule has 0 aliphatic heterocycles. The quantitative estimate of drug-likeness (QED) is 0.845. The van der Waals surface area contributed by atoms with Gasteiger partial charge in [-0.3, -0.25) is 0 Å². The smallest absolute Gasteiger partial charge is 0.0453 e. The van der Waals surface area contributed by atoms with Gasteiger partial charge in [0, 0.05) is 15.6 Å². The number of benzene rings is 1. The molecule has 1 rings (SSSR count). The van der Waals surface area contributed by atoms with Crippen molar-refractivity contribution in [2.45, 2.75) is 32.2 Å². The van der Waals surface area contributed by atoms with Gasteiger partial charge in [-0.25, -0.2) is 0 Å². The van der Waals surface area contributed by atoms with Gasteiger partial charge in [-0.2, -0.15) is 0 Å². The predicted octanol–water partition coefficient (Wildman–Crippen LogP) is 3.66. The molecule has 0 spiro atoms. The lowest BCUT2D eigenvalue weighted by molar-refractivity contribution is 0.450. The van der Waals surface area contributed by atoms with Crippen LogP contribution in [0.3, 0.4) is 0 Å². The third kappa shape index (κ3) is 3.16. The maximum atomic E-state index is 6.06. The van der Waals surface area contributed by atoms with Crippen molar-refractivity contribution in [1.82, 2.24) is 0 Å². The number of hydrogen-bond donors (Lipinski definition) is 1. The van der Waals surface area contributed by atoms with Crippen LogP contribution in [0.2, 0.25) is 10.0 Å². The van der Waals surface area contributed by atoms with Gasteiger partial charge in [0.2, 0.25) is 0 Å². The number of hydrogen-bond acceptors (Lipinski definition) is 1. The van der Waals surface area contributed by atoms with Gasteiger partial charge in [0.1, 0.15) is 0 Å². The molecular formula is C11H15Cl2N. The highest BCUT2D eigenvalue weighted by Crippen LogP contribution is 2.24. The van der Waals surface area contributed by atoms with E-state index in [1.54, 1.807) is 6.07 Å². The molecule has 78 valence electrons. The van der Waals surface area contributed by atoms with Crippen LogP contribution in [0, 0.1) is 0 Å². The Kier molecular flexibility index (Phi) is 3.82. The second kappa shape index (κ2) is 4.52. The van der Waals surface area contributed by atoms with Crippen LogP contribution in [0.5, 0.6) is 0 Å². The fourth-order valence-electron chi connectivity index (χ4n) is 1.23. The van der Waals surface area contributed by atoms with E-state index in [9.17, 15) is 0 Å². The van der Waals surface area contributed by atoms with Gasteiger partial charge in [-0.15, -0.1) is 0 Å². The first-order valence-electron chi connectivity index (χ1n) is 4.67. The van der Waals surface area contributed by atoms with Crippen LogP contribution in [0.4, 0.5) is 0 Å². The Bertz CT molecular complexity index is 321. The van der Waals surface area contributed by atoms with E-state index in [1.165, 1.54) is 0 Å². The van der Waals surface area contributed by atoms with Crippen LogP contribution in [0.25, 0.3) is 0 Å². The fourth-order valence-corrected chi connectivity index (χ4v) is 1.70. The molecule has 1 aromatic rings. The minimum Gasteiger partial charge on any atom is -0.325 e. The molecule has 0 radical (unpaired) electrons. The third-order valence-corrected chi connectivity index (χ3v) is 3.00. The Balaban J connectivity index is 2.87. The molecule has 1 nitrogen and oxygen atoms in total. The van der Waals surface area contributed by atoms with Crippen molar-refractivity contribution in [3.8, 4) is 0 Å². The molecule has 0 saturated heterocycles. The van der Waals surface area contributed by atoms with Crippen molar-refractivity contribution in [3.05, 3.63) is 33.8 Å². The van der Waals surface area contributed by atoms with Crippen LogP contribution < -0.4 is 5.73 Å². The molecule has 0 fully saturated rings. The fraction of sp³-hybridized carbons (Fsp3) is 0.455. The summed E-state index contributed by atoms with van der Waals surface area (Å²) in [7, 11) is 0. The molecule has 2 N–H and O–H groups in total. The SMILES string of the molecule is CCC(C)(N)Cc1ccc(Cl)cc1Cl. The first-order valence-corrected chi connectivity index (χ1v) is 5.43. The molecule has 14 heavy (non-hydrogen) atoms. The van der Waals surface area contributed by atoms with Crippen LogP contribution in [-0.2, 0) is 6.42 Å². The minimum atomic E-state index is -0.197. The van der Waals surface area contributed by atoms with Gasteiger partial charge in [0.25, 0.3) is 0 Å². The average Bonchev–Trinajstić information content (AvgIpc) is 2.10. The summed E-state index contributed by atoms with van der Waals surface area (Å²) in [5.74, 6) is 0. The summed E-state index contributed by atoms with van der Waals surface area (Å²) < 4.78 is 0. The number of halogens is 2. The van der Waals surface area contributed by atoms with E-state index < -0.39 is 0 Å². The summed E-state index contributed by atoms with van der Waals surface area (Å²) in [5, 5.41) is 1.36. The lowest BCUT2D eigenvalue weighted by Crippen LogP contribution is -2.37. The van der Waals surface area contributed by atoms with Crippen molar-refractivity contribution >= 4 is 23.2 Å². The highest BCUT2D eigenvalue weighted by molar-refractivity contribution is 6.35. The average molecular weight is 232 g/mol. The molecule has 0 aliphatic carbocycles. The van der Waals surface area contributed by atoms with Gasteiger partial charge < -0.3 is 5.73 Å². The molecule has 0 aromatic heterocycles. The Hall–Kier alpha value is -0.240. The molecule has 0 aliphatic rings. The number of nitrogens with two attached hydrogens (primary N) is 1. The molecule has 3 heteroatoms. The number of rotatable bonds is 3. The van der Waals surface area contributed by atoms with Crippen molar-refractivity contribution in [1.29, 1.82) is 0 Å². The topological polar surface area (TPSA) is 26.0 Å². The van der Waals surface area contributed by atoms with Gasteiger partial charge in [0.15, 0.2) is 0 Å². The summed E-state index contributed by atoms with van der Waals surface area (Å²) in [6.07, 6.45) is 1.70. The Labute approximate surface area is 95.2 Å². The molecular weight excluding hydrogens is 217 g/mol. The second-order valence-electron chi connectivity index (χ2n) is 3.92. The van der Waals surface area contributed by atoms with Crippen molar-refractivity contribution in [2.24, 2.45) is 5.73 Å². The van der Waals surface area contributed by atoms with Gasteiger partial charge >= 0.3 is 0 Å². The van der Waals surface area contributed by atoms with Gasteiger partial charge in [0.05, 0.1) is 0 Å². The van der Waals surface area contributed by atoms with E-state index in [0.29, 0.717) is 10.0 Å². The van der Waals surface area contributed by atoms with Crippen LogP contribution in [0.1, 0.15) is 25.8 Å². The van der Waals surface area contributed by atoms with E-state index in [2.05, 4.69) is 6.92 Å². The van der Waals surface area contributed by atoms with E-state index >= 15 is 0 Å². The summed E-state index contributed by atoms with van der Waals surface area (Å²) in [5.41, 5.74) is 6.92. The van der Waals surface area contributed by atoms with E-state index in [4.69, 9.17) is 28.9 Å². The van der Waals surface area contributed by atoms with Gasteiger partial charge in [-0.1, -0.05) is 36.2 Å². The zero-order valence-electron chi connectivity index (χ0n) is 8.48. The summed E-state index contributed by atoms with van der Waals surface area (Å²) in [6, 6.07) is 5.53. The van der Waals surface area contributed by atoms with E-state index in [-0.39, 0.29) is 5.54 Å². The van der Waals surface area contributed by atoms with Crippen LogP contribution in [0.15, 0.2) is 18.2 Å². The third-order valence-electron chi connectivity index (χ3n) is 2.42. The summed E-state index contributed by atoms with van der Waals surface area (Å²) >= 11 is 11.9. The molecule has 1 atom stereocenters. The predicted molar refractivity (Wildman–Crippen MR) is 63.0 cm³/mol. The van der Waals surface area contributed by atoms with Gasteiger partial charge in [-0.05, 0) is 37.5 Å². The van der Waals surface area contributed by atoms with Crippen LogP contribution in [-0.4, -0.2) is 5.54 Å². The van der Waals surface area contributed by atoms with E-state index in [1.807, 2.05) is 19.1 Å². The molecule has 0 saturated carbocycles. The lowest BCUT2D eigenvalue weighted by atomic mass is 9.91. The molecule has 0 amide bonds. The zero-order valence-corrected chi connectivity index (χ0v) is 9.99. The van der Waals surface area contributed by atoms with Crippen LogP contribution >= 0.6 is 23.2 Å². The standard InChI is InChI=1S/C11H15Cl2N/c1-3-11(2,14)7-8-4-5-9(12)6-10(8)13/h4-6H,3,7,14H2,1-2H3. The molecule has 1 unspecified atom stereocenters. The zero-order chi connectivity index (χ0) is 10.8. The maximum absolute atomic E-state index is 6.06. The van der Waals surface area contributed by atoms with Crippen molar-refractivity contribution < 1.29 is 0 Å². The first kappa shape index (κ1) is 11.8.